The molecule has 0 spiro atoms. The Hall–Kier alpha value is -0.0700. The van der Waals surface area contributed by atoms with E-state index < -0.39 is 7.26 Å². The second kappa shape index (κ2) is 22.6. The molecule has 0 saturated carbocycles. The molecule has 4 heteroatoms. The molecule has 0 amide bonds. The average molecular weight is 449 g/mol. The predicted octanol–water partition coefficient (Wildman–Crippen LogP) is 5.26. The van der Waals surface area contributed by atoms with Crippen molar-refractivity contribution in [3.63, 3.8) is 0 Å². The van der Waals surface area contributed by atoms with Crippen molar-refractivity contribution in [2.24, 2.45) is 0 Å². The Balaban J connectivity index is 0. The van der Waals surface area contributed by atoms with Gasteiger partial charge in [0.05, 0.1) is 24.6 Å². The Bertz CT molecular complexity index is 370. The summed E-state index contributed by atoms with van der Waals surface area (Å²) in [5, 5.41) is 0. The molecule has 0 N–H and O–H groups in total. The minimum absolute atomic E-state index is 0. The fourth-order valence-corrected chi connectivity index (χ4v) is 7.32. The highest BCUT2D eigenvalue weighted by molar-refractivity contribution is 7.75. The first-order valence-electron chi connectivity index (χ1n) is 12.3. The van der Waals surface area contributed by atoms with Gasteiger partial charge in [0.1, 0.15) is 6.61 Å². The lowest BCUT2D eigenvalue weighted by Gasteiger charge is -2.25. The SMILES string of the molecule is C=CC(=O)OCC[P+](CC)(CC)CCCCCCCCCCCCCCCC.[Cl-]. The molecule has 0 saturated heterocycles. The molecule has 0 aromatic carbocycles. The maximum atomic E-state index is 11.2. The standard InChI is InChI=1S/C25H50O2P.ClH/c1-5-9-10-11-12-13-14-15-16-17-18-19-20-21-23-28(7-3,8-4)24-22-27-25(26)6-2;/h6H,2,5,7-24H2,1,3-4H3;1H/q+1;/p-1. The molecule has 0 aromatic rings. The molecule has 0 atom stereocenters. The van der Waals surface area contributed by atoms with Crippen LogP contribution in [-0.2, 0) is 9.53 Å². The van der Waals surface area contributed by atoms with Gasteiger partial charge in [0.25, 0.3) is 0 Å². The number of carbonyl (C=O) groups is 1. The number of esters is 1. The van der Waals surface area contributed by atoms with Crippen LogP contribution in [0.5, 0.6) is 0 Å². The molecule has 0 bridgehead atoms. The van der Waals surface area contributed by atoms with Gasteiger partial charge in [-0.05, 0) is 26.7 Å². The Labute approximate surface area is 189 Å². The molecule has 0 unspecified atom stereocenters. The van der Waals surface area contributed by atoms with E-state index in [2.05, 4.69) is 27.4 Å². The van der Waals surface area contributed by atoms with Crippen LogP contribution in [-0.4, -0.2) is 37.2 Å². The number of hydrogen-bond donors (Lipinski definition) is 0. The summed E-state index contributed by atoms with van der Waals surface area (Å²) in [6.07, 6.45) is 26.2. The molecule has 0 rings (SSSR count). The molecule has 0 fully saturated rings. The van der Waals surface area contributed by atoms with E-state index in [9.17, 15) is 4.79 Å². The van der Waals surface area contributed by atoms with E-state index in [0.29, 0.717) is 6.61 Å². The van der Waals surface area contributed by atoms with Crippen LogP contribution in [0.1, 0.15) is 111 Å². The van der Waals surface area contributed by atoms with Crippen molar-refractivity contribution in [2.75, 3.05) is 31.3 Å². The first-order valence-corrected chi connectivity index (χ1v) is 14.8. The fraction of sp³-hybridized carbons (Fsp3) is 0.880. The summed E-state index contributed by atoms with van der Waals surface area (Å²) >= 11 is 0. The third kappa shape index (κ3) is 18.4. The van der Waals surface area contributed by atoms with Gasteiger partial charge in [-0.15, -0.1) is 0 Å². The molecule has 0 aromatic heterocycles. The van der Waals surface area contributed by atoms with E-state index in [4.69, 9.17) is 4.74 Å². The second-order valence-electron chi connectivity index (χ2n) is 8.39. The molecule has 29 heavy (non-hydrogen) atoms. The lowest BCUT2D eigenvalue weighted by molar-refractivity contribution is -0.137. The number of rotatable bonds is 21. The minimum Gasteiger partial charge on any atom is -1.00 e. The normalized spacial score (nSPS) is 11.1. The first kappa shape index (κ1) is 31.1. The van der Waals surface area contributed by atoms with Gasteiger partial charge in [0.15, 0.2) is 0 Å². The molecule has 2 nitrogen and oxygen atoms in total. The summed E-state index contributed by atoms with van der Waals surface area (Å²) < 4.78 is 5.25. The minimum atomic E-state index is -0.921. The van der Waals surface area contributed by atoms with Crippen LogP contribution in [0.3, 0.4) is 0 Å². The Morgan fingerprint density at radius 2 is 1.14 bits per heavy atom. The van der Waals surface area contributed by atoms with Gasteiger partial charge in [0, 0.05) is 13.3 Å². The van der Waals surface area contributed by atoms with Crippen molar-refractivity contribution in [1.82, 2.24) is 0 Å². The van der Waals surface area contributed by atoms with Crippen LogP contribution < -0.4 is 12.4 Å². The topological polar surface area (TPSA) is 26.3 Å². The molecular formula is C25H50ClO2P. The van der Waals surface area contributed by atoms with Crippen molar-refractivity contribution < 1.29 is 21.9 Å². The number of carbonyl (C=O) groups excluding carboxylic acids is 1. The second-order valence-corrected chi connectivity index (χ2v) is 13.2. The van der Waals surface area contributed by atoms with Gasteiger partial charge < -0.3 is 17.1 Å². The van der Waals surface area contributed by atoms with Crippen LogP contribution in [0.2, 0.25) is 0 Å². The van der Waals surface area contributed by atoms with Crippen molar-refractivity contribution in [3.8, 4) is 0 Å². The monoisotopic (exact) mass is 448 g/mol. The maximum Gasteiger partial charge on any atom is 0.330 e. The highest BCUT2D eigenvalue weighted by atomic mass is 35.5. The van der Waals surface area contributed by atoms with Gasteiger partial charge in [-0.25, -0.2) is 4.79 Å². The third-order valence-corrected chi connectivity index (χ3v) is 11.4. The highest BCUT2D eigenvalue weighted by Crippen LogP contribution is 2.58. The Morgan fingerprint density at radius 1 is 0.724 bits per heavy atom. The zero-order chi connectivity index (χ0) is 20.9. The van der Waals surface area contributed by atoms with Crippen LogP contribution in [0.4, 0.5) is 0 Å². The number of hydrogen-bond acceptors (Lipinski definition) is 2. The first-order chi connectivity index (χ1) is 13.6. The average Bonchev–Trinajstić information content (AvgIpc) is 2.72. The van der Waals surface area contributed by atoms with Gasteiger partial charge in [-0.2, -0.15) is 0 Å². The van der Waals surface area contributed by atoms with Crippen molar-refractivity contribution in [1.29, 1.82) is 0 Å². The molecular weight excluding hydrogens is 399 g/mol. The molecule has 0 aliphatic heterocycles. The highest BCUT2D eigenvalue weighted by Gasteiger charge is 2.32. The molecule has 0 radical (unpaired) electrons. The Morgan fingerprint density at radius 3 is 1.52 bits per heavy atom. The van der Waals surface area contributed by atoms with Crippen molar-refractivity contribution in [2.45, 2.75) is 111 Å². The van der Waals surface area contributed by atoms with E-state index in [1.807, 2.05) is 0 Å². The van der Waals surface area contributed by atoms with Crippen molar-refractivity contribution >= 4 is 13.2 Å². The number of ether oxygens (including phenoxy) is 1. The fourth-order valence-electron chi connectivity index (χ4n) is 4.01. The number of unbranched alkanes of at least 4 members (excludes halogenated alkanes) is 13. The van der Waals surface area contributed by atoms with E-state index in [1.165, 1.54) is 114 Å². The molecule has 0 aliphatic carbocycles. The summed E-state index contributed by atoms with van der Waals surface area (Å²) in [6.45, 7) is 11.0. The van der Waals surface area contributed by atoms with E-state index in [1.54, 1.807) is 0 Å². The summed E-state index contributed by atoms with van der Waals surface area (Å²) in [6, 6.07) is 0. The lowest BCUT2D eigenvalue weighted by atomic mass is 10.0. The van der Waals surface area contributed by atoms with E-state index in [-0.39, 0.29) is 18.4 Å². The summed E-state index contributed by atoms with van der Waals surface area (Å²) in [5.74, 6) is -0.276. The summed E-state index contributed by atoms with van der Waals surface area (Å²) in [7, 11) is -0.921. The smallest absolute Gasteiger partial charge is 0.330 e. The zero-order valence-corrected chi connectivity index (χ0v) is 21.5. The van der Waals surface area contributed by atoms with Crippen LogP contribution in [0.25, 0.3) is 0 Å². The van der Waals surface area contributed by atoms with E-state index >= 15 is 0 Å². The van der Waals surface area contributed by atoms with Crippen molar-refractivity contribution in [3.05, 3.63) is 12.7 Å². The summed E-state index contributed by atoms with van der Waals surface area (Å²) in [5.41, 5.74) is 0. The molecule has 174 valence electrons. The summed E-state index contributed by atoms with van der Waals surface area (Å²) in [4.78, 5) is 11.2. The van der Waals surface area contributed by atoms with Crippen LogP contribution >= 0.6 is 7.26 Å². The van der Waals surface area contributed by atoms with E-state index in [0.717, 1.165) is 6.16 Å². The van der Waals surface area contributed by atoms with Gasteiger partial charge in [-0.3, -0.25) is 0 Å². The lowest BCUT2D eigenvalue weighted by Crippen LogP contribution is -3.00. The zero-order valence-electron chi connectivity index (χ0n) is 19.9. The van der Waals surface area contributed by atoms with Crippen LogP contribution in [0, 0.1) is 0 Å². The van der Waals surface area contributed by atoms with Gasteiger partial charge >= 0.3 is 5.97 Å². The quantitative estimate of drug-likeness (QED) is 0.104. The maximum absolute atomic E-state index is 11.2. The predicted molar refractivity (Wildman–Crippen MR) is 129 cm³/mol. The van der Waals surface area contributed by atoms with Crippen LogP contribution in [0.15, 0.2) is 12.7 Å². The van der Waals surface area contributed by atoms with Gasteiger partial charge in [0.2, 0.25) is 0 Å². The molecule has 0 aliphatic rings. The van der Waals surface area contributed by atoms with Gasteiger partial charge in [-0.1, -0.05) is 90.6 Å². The molecule has 0 heterocycles. The third-order valence-electron chi connectivity index (χ3n) is 6.30. The number of halogens is 1. The largest absolute Gasteiger partial charge is 1.00 e. The Kier molecular flexibility index (Phi) is 24.3.